The molecule has 5 rings (SSSR count). The van der Waals surface area contributed by atoms with E-state index in [0.717, 1.165) is 17.0 Å². The summed E-state index contributed by atoms with van der Waals surface area (Å²) in [4.78, 5) is 11.5. The zero-order chi connectivity index (χ0) is 22.9. The van der Waals surface area contributed by atoms with Gasteiger partial charge in [0.1, 0.15) is 5.82 Å². The maximum Gasteiger partial charge on any atom is 0.331 e. The van der Waals surface area contributed by atoms with E-state index in [9.17, 15) is 14.3 Å². The largest absolute Gasteiger partial charge is 0.478 e. The van der Waals surface area contributed by atoms with Gasteiger partial charge in [0.25, 0.3) is 0 Å². The fourth-order valence-corrected chi connectivity index (χ4v) is 4.83. The van der Waals surface area contributed by atoms with Crippen LogP contribution in [0.15, 0.2) is 77.4 Å². The number of allylic oxidation sites excluding steroid dienone is 2. The van der Waals surface area contributed by atoms with Gasteiger partial charge in [-0.25, -0.2) is 9.18 Å². The molecular formula is C26H22FN3O3. The molecule has 0 amide bonds. The minimum Gasteiger partial charge on any atom is -0.478 e. The Bertz CT molecular complexity index is 1190. The van der Waals surface area contributed by atoms with E-state index in [4.69, 9.17) is 15.1 Å². The van der Waals surface area contributed by atoms with Crippen LogP contribution in [-0.2, 0) is 9.53 Å². The number of rotatable bonds is 3. The number of hydrogen-bond donors (Lipinski definition) is 1. The molecular weight excluding hydrogens is 421 g/mol. The number of carboxylic acid groups (broad SMARTS) is 1. The SMILES string of the molecule is N#Cc1ccc(N2N=C3C4/C=C\C/C(C(=O)O)=C\C(C4)OCC3C2c2ccc(F)cc2)cc1. The van der Waals surface area contributed by atoms with Crippen LogP contribution in [0, 0.1) is 29.0 Å². The van der Waals surface area contributed by atoms with Gasteiger partial charge in [0, 0.05) is 17.4 Å². The van der Waals surface area contributed by atoms with Gasteiger partial charge < -0.3 is 9.84 Å². The molecule has 1 N–H and O–H groups in total. The number of benzene rings is 2. The number of fused-ring (bicyclic) bond motifs is 4. The van der Waals surface area contributed by atoms with Gasteiger partial charge in [-0.1, -0.05) is 24.3 Å². The molecule has 0 radical (unpaired) electrons. The van der Waals surface area contributed by atoms with E-state index in [0.29, 0.717) is 30.6 Å². The number of hydrazone groups is 1. The molecule has 2 aromatic carbocycles. The number of hydrogen-bond acceptors (Lipinski definition) is 5. The van der Waals surface area contributed by atoms with Crippen LogP contribution >= 0.6 is 0 Å². The van der Waals surface area contributed by atoms with Crippen molar-refractivity contribution in [2.24, 2.45) is 16.9 Å². The molecule has 1 aliphatic carbocycles. The van der Waals surface area contributed by atoms with E-state index in [1.807, 2.05) is 29.3 Å². The summed E-state index contributed by atoms with van der Waals surface area (Å²) in [6.07, 6.45) is 6.28. The Hall–Kier alpha value is -3.76. The Kier molecular flexibility index (Phi) is 5.53. The topological polar surface area (TPSA) is 85.9 Å². The van der Waals surface area contributed by atoms with Crippen LogP contribution in [0.5, 0.6) is 0 Å². The second-order valence-electron chi connectivity index (χ2n) is 8.47. The van der Waals surface area contributed by atoms with E-state index in [1.54, 1.807) is 30.3 Å². The Morgan fingerprint density at radius 1 is 1.18 bits per heavy atom. The zero-order valence-electron chi connectivity index (χ0n) is 17.8. The van der Waals surface area contributed by atoms with Crippen LogP contribution in [0.1, 0.15) is 30.0 Å². The summed E-state index contributed by atoms with van der Waals surface area (Å²) in [6, 6.07) is 15.6. The van der Waals surface area contributed by atoms with Crippen LogP contribution in [0.4, 0.5) is 10.1 Å². The molecule has 1 fully saturated rings. The molecule has 166 valence electrons. The normalized spacial score (nSPS) is 28.8. The summed E-state index contributed by atoms with van der Waals surface area (Å²) < 4.78 is 19.9. The number of carboxylic acids is 1. The minimum atomic E-state index is -0.931. The van der Waals surface area contributed by atoms with Crippen molar-refractivity contribution in [3.05, 3.63) is 89.3 Å². The van der Waals surface area contributed by atoms with E-state index in [1.165, 1.54) is 12.1 Å². The summed E-state index contributed by atoms with van der Waals surface area (Å²) in [5.74, 6) is -1.33. The Morgan fingerprint density at radius 3 is 2.64 bits per heavy atom. The number of halogens is 1. The first-order chi connectivity index (χ1) is 16.0. The molecule has 2 heterocycles. The van der Waals surface area contributed by atoms with E-state index in [-0.39, 0.29) is 29.8 Å². The average Bonchev–Trinajstić information content (AvgIpc) is 3.08. The van der Waals surface area contributed by atoms with Gasteiger partial charge in [-0.2, -0.15) is 10.4 Å². The fourth-order valence-electron chi connectivity index (χ4n) is 4.83. The first kappa shape index (κ1) is 21.1. The van der Waals surface area contributed by atoms with Gasteiger partial charge >= 0.3 is 5.97 Å². The van der Waals surface area contributed by atoms with Gasteiger partial charge in [-0.05, 0) is 60.9 Å². The van der Waals surface area contributed by atoms with Crippen LogP contribution < -0.4 is 5.01 Å². The Morgan fingerprint density at radius 2 is 1.94 bits per heavy atom. The molecule has 0 saturated carbocycles. The molecule has 33 heavy (non-hydrogen) atoms. The van der Waals surface area contributed by atoms with Crippen molar-refractivity contribution in [1.29, 1.82) is 5.26 Å². The summed E-state index contributed by atoms with van der Waals surface area (Å²) in [6.45, 7) is 0.367. The quantitative estimate of drug-likeness (QED) is 0.701. The Labute approximate surface area is 190 Å². The first-order valence-corrected chi connectivity index (χ1v) is 10.9. The maximum absolute atomic E-state index is 13.7. The first-order valence-electron chi connectivity index (χ1n) is 10.9. The van der Waals surface area contributed by atoms with Crippen LogP contribution in [0.2, 0.25) is 0 Å². The highest BCUT2D eigenvalue weighted by atomic mass is 19.1. The summed E-state index contributed by atoms with van der Waals surface area (Å²) in [5, 5.41) is 25.6. The number of anilines is 1. The van der Waals surface area contributed by atoms with Gasteiger partial charge in [0.2, 0.25) is 0 Å². The zero-order valence-corrected chi connectivity index (χ0v) is 17.8. The van der Waals surface area contributed by atoms with Crippen LogP contribution in [0.3, 0.4) is 0 Å². The molecule has 4 unspecified atom stereocenters. The molecule has 0 aromatic heterocycles. The number of nitriles is 1. The fraction of sp³-hybridized carbons (Fsp3) is 0.269. The predicted molar refractivity (Wildman–Crippen MR) is 121 cm³/mol. The van der Waals surface area contributed by atoms with Crippen molar-refractivity contribution in [3.8, 4) is 6.07 Å². The van der Waals surface area contributed by atoms with Gasteiger partial charge in [-0.3, -0.25) is 5.01 Å². The molecule has 3 aliphatic rings. The average molecular weight is 443 g/mol. The number of aliphatic carboxylic acids is 1. The standard InChI is InChI=1S/C26H22FN3O3/c27-20-8-6-17(7-9-20)25-23-15-33-22-12-18(2-1-3-19(13-22)26(31)32)24(23)29-30(25)21-10-4-16(14-28)5-11-21/h1-2,4-11,13,18,22-23,25H,3,12,15H2,(H,31,32)/b2-1-,19-13+. The highest BCUT2D eigenvalue weighted by Gasteiger charge is 2.44. The summed E-state index contributed by atoms with van der Waals surface area (Å²) in [7, 11) is 0. The third kappa shape index (κ3) is 4.06. The maximum atomic E-state index is 13.7. The summed E-state index contributed by atoms with van der Waals surface area (Å²) in [5.41, 5.74) is 3.61. The monoisotopic (exact) mass is 443 g/mol. The van der Waals surface area contributed by atoms with Gasteiger partial charge in [-0.15, -0.1) is 0 Å². The van der Waals surface area contributed by atoms with Crippen molar-refractivity contribution < 1.29 is 19.0 Å². The lowest BCUT2D eigenvalue weighted by atomic mass is 9.82. The van der Waals surface area contributed by atoms with Crippen molar-refractivity contribution >= 4 is 17.4 Å². The highest BCUT2D eigenvalue weighted by Crippen LogP contribution is 2.44. The lowest BCUT2D eigenvalue weighted by Crippen LogP contribution is -2.29. The predicted octanol–water partition coefficient (Wildman–Crippen LogP) is 4.61. The lowest BCUT2D eigenvalue weighted by Gasteiger charge is -2.28. The molecule has 1 saturated heterocycles. The second-order valence-corrected chi connectivity index (χ2v) is 8.47. The van der Waals surface area contributed by atoms with Gasteiger partial charge in [0.15, 0.2) is 0 Å². The molecule has 7 heteroatoms. The molecule has 4 atom stereocenters. The number of nitrogens with zero attached hydrogens (tertiary/aromatic N) is 3. The highest BCUT2D eigenvalue weighted by molar-refractivity contribution is 5.95. The van der Waals surface area contributed by atoms with E-state index in [2.05, 4.69) is 6.07 Å². The van der Waals surface area contributed by atoms with Crippen molar-refractivity contribution in [2.75, 3.05) is 11.6 Å². The van der Waals surface area contributed by atoms with E-state index < -0.39 is 5.97 Å². The molecule has 2 aliphatic heterocycles. The molecule has 2 aromatic rings. The molecule has 2 bridgehead atoms. The number of carbonyl (C=O) groups is 1. The van der Waals surface area contributed by atoms with Crippen LogP contribution in [0.25, 0.3) is 0 Å². The third-order valence-electron chi connectivity index (χ3n) is 6.44. The lowest BCUT2D eigenvalue weighted by molar-refractivity contribution is -0.132. The third-order valence-corrected chi connectivity index (χ3v) is 6.44. The Balaban J connectivity index is 1.57. The number of ether oxygens (including phenoxy) is 1. The molecule has 0 spiro atoms. The summed E-state index contributed by atoms with van der Waals surface area (Å²) >= 11 is 0. The van der Waals surface area contributed by atoms with Crippen molar-refractivity contribution in [3.63, 3.8) is 0 Å². The van der Waals surface area contributed by atoms with Gasteiger partial charge in [0.05, 0.1) is 41.8 Å². The van der Waals surface area contributed by atoms with E-state index >= 15 is 0 Å². The van der Waals surface area contributed by atoms with Crippen LogP contribution in [-0.4, -0.2) is 29.5 Å². The second kappa shape index (κ2) is 8.64. The smallest absolute Gasteiger partial charge is 0.331 e. The van der Waals surface area contributed by atoms with Crippen molar-refractivity contribution in [2.45, 2.75) is 25.0 Å². The van der Waals surface area contributed by atoms with Crippen molar-refractivity contribution in [1.82, 2.24) is 0 Å². The molecule has 6 nitrogen and oxygen atoms in total. The minimum absolute atomic E-state index is 0.000393.